The van der Waals surface area contributed by atoms with Crippen molar-refractivity contribution in [1.29, 1.82) is 0 Å². The van der Waals surface area contributed by atoms with E-state index in [1.807, 2.05) is 4.90 Å². The maximum atomic E-state index is 14.2. The molecule has 2 bridgehead atoms. The Morgan fingerprint density at radius 3 is 2.57 bits per heavy atom. The number of esters is 1. The van der Waals surface area contributed by atoms with Crippen molar-refractivity contribution < 1.29 is 27.8 Å². The van der Waals surface area contributed by atoms with Crippen molar-refractivity contribution in [1.82, 2.24) is 10.2 Å². The maximum absolute atomic E-state index is 14.2. The van der Waals surface area contributed by atoms with Gasteiger partial charge in [-0.15, -0.1) is 0 Å². The van der Waals surface area contributed by atoms with Gasteiger partial charge in [-0.3, -0.25) is 14.5 Å². The van der Waals surface area contributed by atoms with Crippen LogP contribution in [0.25, 0.3) is 0 Å². The topological polar surface area (TPSA) is 67.9 Å². The fourth-order valence-electron chi connectivity index (χ4n) is 6.87. The van der Waals surface area contributed by atoms with Gasteiger partial charge in [-0.2, -0.15) is 0 Å². The van der Waals surface area contributed by atoms with Gasteiger partial charge in [-0.25, -0.2) is 8.78 Å². The molecule has 1 spiro atoms. The predicted octanol–water partition coefficient (Wildman–Crippen LogP) is 3.86. The van der Waals surface area contributed by atoms with E-state index < -0.39 is 18.0 Å². The van der Waals surface area contributed by atoms with E-state index in [4.69, 9.17) is 9.47 Å². The van der Waals surface area contributed by atoms with Crippen molar-refractivity contribution in [3.63, 3.8) is 0 Å². The first-order chi connectivity index (χ1) is 16.9. The van der Waals surface area contributed by atoms with Crippen molar-refractivity contribution in [3.8, 4) is 0 Å². The van der Waals surface area contributed by atoms with Crippen LogP contribution in [0.15, 0.2) is 22.7 Å². The highest BCUT2D eigenvalue weighted by atomic mass is 79.9. The van der Waals surface area contributed by atoms with Gasteiger partial charge >= 0.3 is 5.97 Å². The standard InChI is InChI=1S/C26H33BrF2N2O4/c27-17-2-1-16(21(29)13-17)14-30-24(32)22-19-3-4-20(26(19)6-7-26)23(22)25(33)35-12-11-34-10-9-31-8-5-18(28)15-31/h1-2,13,18-20,22-23H,3-12,14-15H2,(H,30,32)/t18?,19-,20+,22+,23+/m0/s1. The minimum atomic E-state index is -0.744. The normalized spacial score (nSPS) is 30.7. The van der Waals surface area contributed by atoms with E-state index in [0.717, 1.165) is 32.2 Å². The van der Waals surface area contributed by atoms with Crippen molar-refractivity contribution in [3.05, 3.63) is 34.1 Å². The van der Waals surface area contributed by atoms with Gasteiger partial charge in [0.05, 0.1) is 25.0 Å². The molecule has 0 aromatic heterocycles. The van der Waals surface area contributed by atoms with Crippen molar-refractivity contribution >= 4 is 27.8 Å². The number of nitrogens with one attached hydrogen (secondary N) is 1. The largest absolute Gasteiger partial charge is 0.463 e. The van der Waals surface area contributed by atoms with Crippen LogP contribution in [0.5, 0.6) is 0 Å². The zero-order chi connectivity index (χ0) is 24.6. The highest BCUT2D eigenvalue weighted by Crippen LogP contribution is 2.74. The van der Waals surface area contributed by atoms with E-state index in [-0.39, 0.29) is 54.7 Å². The molecule has 1 amide bonds. The molecule has 192 valence electrons. The van der Waals surface area contributed by atoms with E-state index >= 15 is 0 Å². The third kappa shape index (κ3) is 5.14. The number of nitrogens with zero attached hydrogens (tertiary/aromatic N) is 1. The Hall–Kier alpha value is -1.58. The first-order valence-electron chi connectivity index (χ1n) is 12.7. The second kappa shape index (κ2) is 10.4. The molecule has 5 rings (SSSR count). The summed E-state index contributed by atoms with van der Waals surface area (Å²) in [5.41, 5.74) is 0.521. The van der Waals surface area contributed by atoms with Gasteiger partial charge in [0.1, 0.15) is 18.6 Å². The number of hydrogen-bond acceptors (Lipinski definition) is 5. The second-order valence-electron chi connectivity index (χ2n) is 10.5. The van der Waals surface area contributed by atoms with Gasteiger partial charge in [0.2, 0.25) is 5.91 Å². The summed E-state index contributed by atoms with van der Waals surface area (Å²) in [6, 6.07) is 4.77. The zero-order valence-electron chi connectivity index (χ0n) is 19.8. The summed E-state index contributed by atoms with van der Waals surface area (Å²) in [5.74, 6) is -1.37. The van der Waals surface area contributed by atoms with Crippen LogP contribution >= 0.6 is 15.9 Å². The van der Waals surface area contributed by atoms with E-state index in [9.17, 15) is 18.4 Å². The molecule has 4 fully saturated rings. The van der Waals surface area contributed by atoms with E-state index in [0.29, 0.717) is 36.2 Å². The summed E-state index contributed by atoms with van der Waals surface area (Å²) in [5, 5.41) is 2.89. The molecule has 1 aliphatic heterocycles. The molecule has 5 atom stereocenters. The van der Waals surface area contributed by atoms with Crippen LogP contribution in [0, 0.1) is 34.9 Å². The van der Waals surface area contributed by atoms with Gasteiger partial charge < -0.3 is 14.8 Å². The quantitative estimate of drug-likeness (QED) is 0.351. The van der Waals surface area contributed by atoms with Crippen LogP contribution < -0.4 is 5.32 Å². The van der Waals surface area contributed by atoms with E-state index in [2.05, 4.69) is 21.2 Å². The molecule has 9 heteroatoms. The number of halogens is 3. The summed E-state index contributed by atoms with van der Waals surface area (Å²) in [6.07, 6.45) is 3.88. The summed E-state index contributed by atoms with van der Waals surface area (Å²) in [7, 11) is 0. The van der Waals surface area contributed by atoms with Gasteiger partial charge in [0, 0.05) is 36.2 Å². The highest BCUT2D eigenvalue weighted by Gasteiger charge is 2.71. The van der Waals surface area contributed by atoms with Gasteiger partial charge in [-0.1, -0.05) is 22.0 Å². The molecule has 6 nitrogen and oxygen atoms in total. The monoisotopic (exact) mass is 554 g/mol. The van der Waals surface area contributed by atoms with Crippen LogP contribution in [-0.4, -0.2) is 62.4 Å². The van der Waals surface area contributed by atoms with Gasteiger partial charge in [0.25, 0.3) is 0 Å². The summed E-state index contributed by atoms with van der Waals surface area (Å²) in [4.78, 5) is 28.4. The molecule has 0 radical (unpaired) electrons. The Balaban J connectivity index is 1.13. The van der Waals surface area contributed by atoms with Crippen LogP contribution in [-0.2, 0) is 25.6 Å². The van der Waals surface area contributed by atoms with Gasteiger partial charge in [0.15, 0.2) is 0 Å². The number of amides is 1. The molecule has 35 heavy (non-hydrogen) atoms. The molecule has 3 aliphatic carbocycles. The molecule has 1 saturated heterocycles. The molecular weight excluding hydrogens is 522 g/mol. The third-order valence-electron chi connectivity index (χ3n) is 8.63. The lowest BCUT2D eigenvalue weighted by molar-refractivity contribution is -0.157. The second-order valence-corrected chi connectivity index (χ2v) is 11.4. The minimum Gasteiger partial charge on any atom is -0.463 e. The summed E-state index contributed by atoms with van der Waals surface area (Å²) < 4.78 is 39.3. The average Bonchev–Trinajstić information content (AvgIpc) is 3.32. The first kappa shape index (κ1) is 25.1. The lowest BCUT2D eigenvalue weighted by Gasteiger charge is -2.28. The van der Waals surface area contributed by atoms with Crippen LogP contribution in [0.1, 0.15) is 37.7 Å². The smallest absolute Gasteiger partial charge is 0.310 e. The Bertz CT molecular complexity index is 959. The minimum absolute atomic E-state index is 0.0919. The molecule has 3 saturated carbocycles. The average molecular weight is 555 g/mol. The van der Waals surface area contributed by atoms with Crippen LogP contribution in [0.3, 0.4) is 0 Å². The van der Waals surface area contributed by atoms with E-state index in [1.54, 1.807) is 12.1 Å². The zero-order valence-corrected chi connectivity index (χ0v) is 21.4. The molecule has 1 N–H and O–H groups in total. The fourth-order valence-corrected chi connectivity index (χ4v) is 7.21. The number of hydrogen-bond donors (Lipinski definition) is 1. The fraction of sp³-hybridized carbons (Fsp3) is 0.692. The maximum Gasteiger partial charge on any atom is 0.310 e. The van der Waals surface area contributed by atoms with E-state index in [1.165, 1.54) is 6.07 Å². The Kier molecular flexibility index (Phi) is 7.47. The SMILES string of the molecule is O=C(OCCOCCN1CCC(F)C1)[C@H]1[C@H](C(=O)NCc2ccc(Br)cc2F)[C@@H]2CC[C@H]1C21CC1. The Morgan fingerprint density at radius 1 is 1.11 bits per heavy atom. The molecule has 1 heterocycles. The summed E-state index contributed by atoms with van der Waals surface area (Å²) >= 11 is 3.24. The Labute approximate surface area is 213 Å². The number of carbonyl (C=O) groups excluding carboxylic acids is 2. The number of ether oxygens (including phenoxy) is 2. The van der Waals surface area contributed by atoms with Crippen LogP contribution in [0.4, 0.5) is 8.78 Å². The number of likely N-dealkylation sites (tertiary alicyclic amines) is 1. The van der Waals surface area contributed by atoms with Gasteiger partial charge in [-0.05, 0) is 61.5 Å². The Morgan fingerprint density at radius 2 is 1.89 bits per heavy atom. The highest BCUT2D eigenvalue weighted by molar-refractivity contribution is 9.10. The number of carbonyl (C=O) groups is 2. The number of benzene rings is 1. The molecule has 1 aromatic rings. The number of rotatable bonds is 10. The van der Waals surface area contributed by atoms with Crippen molar-refractivity contribution in [2.45, 2.75) is 44.8 Å². The first-order valence-corrected chi connectivity index (χ1v) is 13.5. The lowest BCUT2D eigenvalue weighted by Crippen LogP contribution is -2.42. The molecule has 1 unspecified atom stereocenters. The van der Waals surface area contributed by atoms with Crippen molar-refractivity contribution in [2.75, 3.05) is 39.5 Å². The summed E-state index contributed by atoms with van der Waals surface area (Å²) in [6.45, 7) is 2.87. The third-order valence-corrected chi connectivity index (χ3v) is 9.12. The predicted molar refractivity (Wildman–Crippen MR) is 129 cm³/mol. The van der Waals surface area contributed by atoms with Crippen LogP contribution in [0.2, 0.25) is 0 Å². The van der Waals surface area contributed by atoms with Crippen molar-refractivity contribution in [2.24, 2.45) is 29.1 Å². The molecule has 4 aliphatic rings. The molecule has 1 aromatic carbocycles. The lowest BCUT2D eigenvalue weighted by atomic mass is 9.78. The number of alkyl halides is 1. The molecular formula is C26H33BrF2N2O4.